The summed E-state index contributed by atoms with van der Waals surface area (Å²) in [6, 6.07) is 9.97. The van der Waals surface area contributed by atoms with Gasteiger partial charge in [0.25, 0.3) is 0 Å². The highest BCUT2D eigenvalue weighted by Crippen LogP contribution is 2.35. The second kappa shape index (κ2) is 18.0. The first kappa shape index (κ1) is 41.8. The summed E-state index contributed by atoms with van der Waals surface area (Å²) in [4.78, 5) is 46.8. The van der Waals surface area contributed by atoms with Crippen LogP contribution in [0.4, 0.5) is 4.79 Å². The highest BCUT2D eigenvalue weighted by Gasteiger charge is 2.36. The number of allylic oxidation sites excluding steroid dienone is 3. The largest absolute Gasteiger partial charge is 0.493 e. The molecule has 11 heteroatoms. The number of benzene rings is 1. The highest BCUT2D eigenvalue weighted by atomic mass is 35.5. The zero-order chi connectivity index (χ0) is 39.2. The summed E-state index contributed by atoms with van der Waals surface area (Å²) in [6.07, 6.45) is 12.7. The Morgan fingerprint density at radius 3 is 2.19 bits per heavy atom. The van der Waals surface area contributed by atoms with Crippen molar-refractivity contribution in [3.63, 3.8) is 0 Å². The van der Waals surface area contributed by atoms with Crippen molar-refractivity contribution in [1.82, 2.24) is 24.6 Å². The quantitative estimate of drug-likeness (QED) is 0.178. The van der Waals surface area contributed by atoms with Crippen LogP contribution in [0.15, 0.2) is 64.8 Å². The Morgan fingerprint density at radius 2 is 1.61 bits per heavy atom. The molecule has 3 amide bonds. The third-order valence-corrected chi connectivity index (χ3v) is 11.7. The maximum Gasteiger partial charge on any atom is 0.325 e. The number of carbonyl (C=O) groups is 2. The predicted molar refractivity (Wildman–Crippen MR) is 220 cm³/mol. The Bertz CT molecular complexity index is 1700. The van der Waals surface area contributed by atoms with Gasteiger partial charge in [0.1, 0.15) is 11.6 Å². The monoisotopic (exact) mass is 778 g/mol. The summed E-state index contributed by atoms with van der Waals surface area (Å²) in [5.74, 6) is 1.66. The number of rotatable bonds is 10. The number of aromatic nitrogens is 1. The number of nitrogens with zero attached hydrogens (tertiary/aromatic N) is 6. The normalized spacial score (nSPS) is 19.3. The smallest absolute Gasteiger partial charge is 0.325 e. The molecule has 2 aliphatic heterocycles. The van der Waals surface area contributed by atoms with Gasteiger partial charge >= 0.3 is 6.03 Å². The fraction of sp³-hybridized carbons (Fsp3) is 0.581. The molecule has 1 aromatic heterocycles. The van der Waals surface area contributed by atoms with Gasteiger partial charge in [-0.05, 0) is 96.7 Å². The molecule has 0 N–H and O–H groups in total. The molecule has 2 fully saturated rings. The number of pyridine rings is 1. The van der Waals surface area contributed by atoms with E-state index >= 15 is 4.79 Å². The molecule has 5 rings (SSSR count). The van der Waals surface area contributed by atoms with E-state index in [1.165, 1.54) is 0 Å². The predicted octanol–water partition coefficient (Wildman–Crippen LogP) is 8.93. The van der Waals surface area contributed by atoms with E-state index in [0.717, 1.165) is 56.5 Å². The van der Waals surface area contributed by atoms with E-state index in [4.69, 9.17) is 37.9 Å². The molecule has 2 saturated heterocycles. The minimum absolute atomic E-state index is 0.0433. The fourth-order valence-electron chi connectivity index (χ4n) is 7.54. The van der Waals surface area contributed by atoms with Gasteiger partial charge < -0.3 is 19.4 Å². The molecule has 294 valence electrons. The van der Waals surface area contributed by atoms with Crippen LogP contribution in [0.25, 0.3) is 0 Å². The summed E-state index contributed by atoms with van der Waals surface area (Å²) >= 11 is 12.6. The number of likely N-dealkylation sites (tertiary alicyclic amines) is 2. The summed E-state index contributed by atoms with van der Waals surface area (Å²) in [6.45, 7) is 16.0. The van der Waals surface area contributed by atoms with E-state index in [9.17, 15) is 4.79 Å². The van der Waals surface area contributed by atoms with Crippen molar-refractivity contribution in [3.05, 3.63) is 81.6 Å². The number of ether oxygens (including phenoxy) is 1. The average molecular weight is 780 g/mol. The van der Waals surface area contributed by atoms with Crippen LogP contribution in [0, 0.1) is 11.8 Å². The molecule has 1 aromatic carbocycles. The lowest BCUT2D eigenvalue weighted by Gasteiger charge is -2.39. The van der Waals surface area contributed by atoms with E-state index in [1.54, 1.807) is 4.90 Å². The van der Waals surface area contributed by atoms with E-state index in [0.29, 0.717) is 59.4 Å². The Kier molecular flexibility index (Phi) is 13.9. The topological polar surface area (TPSA) is 81.6 Å². The third-order valence-electron chi connectivity index (χ3n) is 11.2. The van der Waals surface area contributed by atoms with Crippen molar-refractivity contribution in [1.29, 1.82) is 0 Å². The first-order valence-corrected chi connectivity index (χ1v) is 20.3. The van der Waals surface area contributed by atoms with Crippen LogP contribution in [-0.2, 0) is 16.8 Å². The molecule has 9 nitrogen and oxygen atoms in total. The van der Waals surface area contributed by atoms with Crippen molar-refractivity contribution in [2.75, 3.05) is 46.9 Å². The van der Waals surface area contributed by atoms with Crippen molar-refractivity contribution < 1.29 is 14.3 Å². The number of halogens is 2. The molecular formula is C43H60Cl2N6O3. The number of hydrogen-bond acceptors (Lipinski definition) is 6. The van der Waals surface area contributed by atoms with Crippen LogP contribution in [0.5, 0.6) is 5.75 Å². The maximum atomic E-state index is 15.0. The van der Waals surface area contributed by atoms with E-state index < -0.39 is 5.54 Å². The van der Waals surface area contributed by atoms with Crippen molar-refractivity contribution in [3.8, 4) is 5.75 Å². The summed E-state index contributed by atoms with van der Waals surface area (Å²) < 4.78 is 6.32. The molecule has 1 unspecified atom stereocenters. The van der Waals surface area contributed by atoms with Crippen LogP contribution in [0.1, 0.15) is 96.9 Å². The van der Waals surface area contributed by atoms with Crippen LogP contribution >= 0.6 is 23.2 Å². The van der Waals surface area contributed by atoms with E-state index in [2.05, 4.69) is 59.7 Å². The highest BCUT2D eigenvalue weighted by molar-refractivity contribution is 6.31. The van der Waals surface area contributed by atoms with E-state index in [1.807, 2.05) is 65.4 Å². The van der Waals surface area contributed by atoms with Gasteiger partial charge in [-0.2, -0.15) is 0 Å². The van der Waals surface area contributed by atoms with Crippen molar-refractivity contribution in [2.24, 2.45) is 16.8 Å². The summed E-state index contributed by atoms with van der Waals surface area (Å²) in [5, 5.41) is 1.34. The minimum Gasteiger partial charge on any atom is -0.493 e. The Labute approximate surface area is 333 Å². The Balaban J connectivity index is 1.47. The second-order valence-corrected chi connectivity index (χ2v) is 17.7. The molecule has 1 aliphatic carbocycles. The molecule has 2 aromatic rings. The van der Waals surface area contributed by atoms with Gasteiger partial charge in [0, 0.05) is 78.0 Å². The number of carbonyl (C=O) groups excluding carboxylic acids is 2. The molecule has 0 bridgehead atoms. The Morgan fingerprint density at radius 1 is 0.963 bits per heavy atom. The molecular weight excluding hydrogens is 719 g/mol. The zero-order valence-electron chi connectivity index (χ0n) is 33.6. The molecule has 0 radical (unpaired) electrons. The molecule has 3 aliphatic rings. The van der Waals surface area contributed by atoms with Gasteiger partial charge in [-0.25, -0.2) is 4.79 Å². The third kappa shape index (κ3) is 10.7. The number of aliphatic imine (C=N–C) groups is 1. The van der Waals surface area contributed by atoms with Gasteiger partial charge in [-0.3, -0.25) is 19.7 Å². The lowest BCUT2D eigenvalue weighted by atomic mass is 9.83. The first-order valence-electron chi connectivity index (χ1n) is 19.6. The van der Waals surface area contributed by atoms with Gasteiger partial charge in [0.05, 0.1) is 24.3 Å². The lowest BCUT2D eigenvalue weighted by molar-refractivity contribution is -0.134. The molecule has 0 saturated carbocycles. The number of urea groups is 1. The summed E-state index contributed by atoms with van der Waals surface area (Å²) in [7, 11) is 4.23. The SMILES string of the molecule is CCOc1cc(C(C)(C)C)ncc1/C(=N/C(C)(C)C1C=CC(Cl)=CC1)N(Cc1ccc(Cl)cc1)C(=O)N1CCC(CC(=O)N2CCC(N(C)C)CC2)CC1. The minimum atomic E-state index is -0.626. The average Bonchev–Trinajstić information content (AvgIpc) is 3.14. The Hall–Kier alpha value is -3.40. The number of hydrogen-bond donors (Lipinski definition) is 0. The van der Waals surface area contributed by atoms with Crippen molar-refractivity contribution in [2.45, 2.75) is 104 Å². The molecule has 0 spiro atoms. The standard InChI is InChI=1S/C43H60Cl2N6O3/c1-9-54-37-27-38(42(2,3)4)46-28-36(37)40(47-43(5,6)32-12-16-34(45)17-13-32)51(29-31-10-14-33(44)15-11-31)41(53)50-22-18-30(19-23-50)26-39(52)49-24-20-35(21-25-49)48(7)8/h10-12,14-17,27-28,30,32,35H,9,13,18-26,29H2,1-8H3/b47-40-. The second-order valence-electron chi connectivity index (χ2n) is 16.8. The summed E-state index contributed by atoms with van der Waals surface area (Å²) in [5.41, 5.74) is 1.62. The van der Waals surface area contributed by atoms with Gasteiger partial charge in [0.2, 0.25) is 5.91 Å². The number of amides is 3. The van der Waals surface area contributed by atoms with E-state index in [-0.39, 0.29) is 35.7 Å². The molecule has 1 atom stereocenters. The van der Waals surface area contributed by atoms with Gasteiger partial charge in [-0.15, -0.1) is 0 Å². The number of piperidine rings is 2. The van der Waals surface area contributed by atoms with Crippen LogP contribution in [-0.4, -0.2) is 101 Å². The lowest BCUT2D eigenvalue weighted by Crippen LogP contribution is -2.50. The van der Waals surface area contributed by atoms with Gasteiger partial charge in [0.15, 0.2) is 0 Å². The number of amidine groups is 1. The van der Waals surface area contributed by atoms with Crippen molar-refractivity contribution >= 4 is 41.0 Å². The first-order chi connectivity index (χ1) is 25.5. The molecule has 54 heavy (non-hydrogen) atoms. The van der Waals surface area contributed by atoms with Crippen LogP contribution in [0.2, 0.25) is 5.02 Å². The molecule has 3 heterocycles. The maximum absolute atomic E-state index is 15.0. The van der Waals surface area contributed by atoms with Crippen LogP contribution in [0.3, 0.4) is 0 Å². The zero-order valence-corrected chi connectivity index (χ0v) is 35.1. The fourth-order valence-corrected chi connectivity index (χ4v) is 7.83. The van der Waals surface area contributed by atoms with Gasteiger partial charge in [-0.1, -0.05) is 68.3 Å². The van der Waals surface area contributed by atoms with Crippen LogP contribution < -0.4 is 4.74 Å².